The first-order chi connectivity index (χ1) is 33.6. The summed E-state index contributed by atoms with van der Waals surface area (Å²) in [5, 5.41) is 11.5. The van der Waals surface area contributed by atoms with Crippen LogP contribution < -0.4 is 0 Å². The second-order valence-corrected chi connectivity index (χ2v) is 18.3. The minimum atomic E-state index is -1.48. The summed E-state index contributed by atoms with van der Waals surface area (Å²) in [7, 11) is 0. The third-order valence-corrected chi connectivity index (χ3v) is 13.7. The Morgan fingerprint density at radius 1 is 0.537 bits per heavy atom. The molecule has 0 saturated heterocycles. The van der Waals surface area contributed by atoms with Crippen LogP contribution >= 0.6 is 0 Å². The molecule has 0 atom stereocenters. The normalized spacial score (nSPS) is 13.7. The van der Waals surface area contributed by atoms with Gasteiger partial charge in [0.2, 0.25) is 0 Å². The Kier molecular flexibility index (Phi) is 10.5. The van der Waals surface area contributed by atoms with Crippen LogP contribution in [0.1, 0.15) is 59.0 Å². The van der Waals surface area contributed by atoms with E-state index in [-0.39, 0.29) is 17.1 Å². The van der Waals surface area contributed by atoms with E-state index in [0.717, 1.165) is 98.2 Å². The molecule has 1 saturated carbocycles. The summed E-state index contributed by atoms with van der Waals surface area (Å²) >= 11 is 0. The van der Waals surface area contributed by atoms with Gasteiger partial charge < -0.3 is 5.11 Å². The van der Waals surface area contributed by atoms with Gasteiger partial charge in [-0.2, -0.15) is 0 Å². The molecule has 1 aliphatic carbocycles. The van der Waals surface area contributed by atoms with Crippen LogP contribution in [-0.2, 0) is 11.8 Å². The van der Waals surface area contributed by atoms with Crippen LogP contribution in [0.5, 0.6) is 5.75 Å². The number of nitrogens with zero attached hydrogens (tertiary/aromatic N) is 3. The molecule has 4 nitrogen and oxygen atoms in total. The third-order valence-electron chi connectivity index (χ3n) is 13.7. The maximum atomic E-state index is 11.5. The molecule has 0 unspecified atom stereocenters. The lowest BCUT2D eigenvalue weighted by Crippen LogP contribution is -2.18. The quantitative estimate of drug-likeness (QED) is 0.141. The van der Waals surface area contributed by atoms with Crippen molar-refractivity contribution in [1.82, 2.24) is 14.5 Å². The Morgan fingerprint density at radius 3 is 1.91 bits per heavy atom. The molecular weight excluding hydrogens is 815 g/mol. The summed E-state index contributed by atoms with van der Waals surface area (Å²) in [5.41, 5.74) is 16.1. The van der Waals surface area contributed by atoms with Gasteiger partial charge in [0.25, 0.3) is 0 Å². The molecule has 326 valence electrons. The number of rotatable bonds is 11. The number of phenolic OH excluding ortho intramolecular Hbond substituents is 1. The molecule has 10 aromatic rings. The lowest BCUT2D eigenvalue weighted by atomic mass is 9.78. The van der Waals surface area contributed by atoms with Crippen molar-refractivity contribution in [1.29, 1.82) is 0 Å². The Hall–Kier alpha value is -7.82. The van der Waals surface area contributed by atoms with Gasteiger partial charge in [-0.15, -0.1) is 0 Å². The first-order valence-corrected chi connectivity index (χ1v) is 23.5. The largest absolute Gasteiger partial charge is 0.507 e. The minimum absolute atomic E-state index is 0.0287. The molecule has 0 radical (unpaired) electrons. The van der Waals surface area contributed by atoms with Crippen molar-refractivity contribution < 1.29 is 7.85 Å². The molecule has 0 spiro atoms. The van der Waals surface area contributed by atoms with Gasteiger partial charge in [0.05, 0.1) is 28.0 Å². The van der Waals surface area contributed by atoms with Crippen molar-refractivity contribution in [3.05, 3.63) is 229 Å². The van der Waals surface area contributed by atoms with Crippen molar-refractivity contribution in [2.24, 2.45) is 5.92 Å². The van der Waals surface area contributed by atoms with E-state index in [1.165, 1.54) is 11.1 Å². The van der Waals surface area contributed by atoms with Gasteiger partial charge in [-0.1, -0.05) is 185 Å². The van der Waals surface area contributed by atoms with E-state index in [4.69, 9.17) is 9.97 Å². The minimum Gasteiger partial charge on any atom is -0.507 e. The molecule has 1 aliphatic rings. The van der Waals surface area contributed by atoms with Gasteiger partial charge in [0.1, 0.15) is 11.6 Å². The molecular formula is C63H53N3O. The number of fused-ring (bicyclic) bond motifs is 1. The van der Waals surface area contributed by atoms with Crippen LogP contribution in [0.25, 0.3) is 83.9 Å². The van der Waals surface area contributed by atoms with Crippen molar-refractivity contribution in [2.75, 3.05) is 0 Å². The van der Waals surface area contributed by atoms with Crippen LogP contribution in [0.4, 0.5) is 0 Å². The molecule has 0 bridgehead atoms. The zero-order valence-corrected chi connectivity index (χ0v) is 37.9. The van der Waals surface area contributed by atoms with Gasteiger partial charge in [-0.3, -0.25) is 9.55 Å². The Bertz CT molecular complexity index is 3450. The van der Waals surface area contributed by atoms with Crippen LogP contribution in [0.15, 0.2) is 212 Å². The summed E-state index contributed by atoms with van der Waals surface area (Å²) in [5.74, 6) is 0.685. The number of phenols is 1. The van der Waals surface area contributed by atoms with Crippen molar-refractivity contribution in [3.8, 4) is 78.6 Å². The summed E-state index contributed by atoms with van der Waals surface area (Å²) < 4.78 is 21.0. The van der Waals surface area contributed by atoms with E-state index in [2.05, 4.69) is 158 Å². The number of benzene rings is 8. The van der Waals surface area contributed by atoms with E-state index in [1.54, 1.807) is 6.07 Å². The van der Waals surface area contributed by atoms with Gasteiger partial charge in [-0.25, -0.2) is 4.98 Å². The number of para-hydroxylation sites is 2. The summed E-state index contributed by atoms with van der Waals surface area (Å²) in [6, 6.07) is 70.9. The summed E-state index contributed by atoms with van der Waals surface area (Å²) in [4.78, 5) is 10.5. The second kappa shape index (κ2) is 17.9. The molecule has 1 N–H and O–H groups in total. The predicted molar refractivity (Wildman–Crippen MR) is 277 cm³/mol. The van der Waals surface area contributed by atoms with E-state index in [1.807, 2.05) is 66.9 Å². The number of imidazole rings is 1. The smallest absolute Gasteiger partial charge is 0.149 e. The zero-order chi connectivity index (χ0) is 47.1. The van der Waals surface area contributed by atoms with Crippen LogP contribution in [-0.4, -0.2) is 19.6 Å². The van der Waals surface area contributed by atoms with E-state index < -0.39 is 6.37 Å². The monoisotopic (exact) mass is 869 g/mol. The van der Waals surface area contributed by atoms with Crippen LogP contribution in [0.3, 0.4) is 0 Å². The lowest BCUT2D eigenvalue weighted by molar-refractivity contribution is 0.477. The van der Waals surface area contributed by atoms with E-state index in [9.17, 15) is 7.85 Å². The maximum absolute atomic E-state index is 11.5. The molecule has 2 aromatic heterocycles. The highest BCUT2D eigenvalue weighted by Crippen LogP contribution is 2.42. The first kappa shape index (κ1) is 39.5. The fourth-order valence-corrected chi connectivity index (χ4v) is 9.99. The number of pyridine rings is 1. The summed E-state index contributed by atoms with van der Waals surface area (Å²) in [6.45, 7) is 4.55. The van der Waals surface area contributed by atoms with Gasteiger partial charge in [0, 0.05) is 31.0 Å². The molecule has 4 heteroatoms. The second-order valence-electron chi connectivity index (χ2n) is 18.3. The molecule has 0 aliphatic heterocycles. The van der Waals surface area contributed by atoms with E-state index in [0.29, 0.717) is 17.0 Å². The average molecular weight is 870 g/mol. The Morgan fingerprint density at radius 2 is 1.16 bits per heavy atom. The van der Waals surface area contributed by atoms with Crippen molar-refractivity contribution in [3.63, 3.8) is 0 Å². The average Bonchev–Trinajstić information content (AvgIpc) is 4.10. The van der Waals surface area contributed by atoms with E-state index >= 15 is 0 Å². The van der Waals surface area contributed by atoms with Crippen LogP contribution in [0.2, 0.25) is 0 Å². The molecule has 0 amide bonds. The molecule has 67 heavy (non-hydrogen) atoms. The fraction of sp³-hybridized carbons (Fsp3) is 0.143. The molecule has 11 rings (SSSR count). The van der Waals surface area contributed by atoms with Crippen LogP contribution in [0, 0.1) is 5.92 Å². The SMILES string of the molecule is [2H]C([2H])(c1ccc(-n2c(-c3ccccc3O)nc3c(-c4cc(-c5ccccc5)cc(-c5cc(-c6ccc(C(C)(C)c7ccccc7)cc6)ccn5)c4)cccc32)c(-c2ccccc2)c1)C1CCCC1. The first-order valence-electron chi connectivity index (χ1n) is 24.5. The number of aromatic hydroxyl groups is 1. The Balaban J connectivity index is 1.07. The number of hydrogen-bond acceptors (Lipinski definition) is 3. The zero-order valence-electron chi connectivity index (χ0n) is 39.9. The maximum Gasteiger partial charge on any atom is 0.149 e. The summed E-state index contributed by atoms with van der Waals surface area (Å²) in [6.07, 6.45) is 4.31. The Labute approximate surface area is 396 Å². The van der Waals surface area contributed by atoms with Gasteiger partial charge in [0.15, 0.2) is 0 Å². The molecule has 1 fully saturated rings. The highest BCUT2D eigenvalue weighted by molar-refractivity contribution is 5.98. The topological polar surface area (TPSA) is 50.9 Å². The molecule has 2 heterocycles. The standard InChI is InChI=1S/C63H53N3O/c1-63(2,52-23-10-5-11-24-52)53-32-30-46(31-33-53)48-35-36-64-57(42-48)51-40-49(45-19-6-3-7-20-45)39-50(41-51)54-26-16-27-59-61(54)65-62(55-25-14-15-28-60(55)67)66(59)58-34-29-44(37-43-17-12-13-18-43)38-56(58)47-21-8-4-9-22-47/h3-11,14-16,19-36,38-43,67H,12-13,17-18,37H2,1-2H3/i37D2. The lowest BCUT2D eigenvalue weighted by Gasteiger charge is -2.26. The fourth-order valence-electron chi connectivity index (χ4n) is 9.99. The highest BCUT2D eigenvalue weighted by atomic mass is 16.3. The number of aromatic nitrogens is 3. The highest BCUT2D eigenvalue weighted by Gasteiger charge is 2.25. The van der Waals surface area contributed by atoms with Crippen molar-refractivity contribution in [2.45, 2.75) is 51.3 Å². The molecule has 8 aromatic carbocycles. The van der Waals surface area contributed by atoms with Crippen molar-refractivity contribution >= 4 is 11.0 Å². The van der Waals surface area contributed by atoms with Gasteiger partial charge in [-0.05, 0) is 123 Å². The third kappa shape index (κ3) is 8.25. The number of hydrogen-bond donors (Lipinski definition) is 1. The van der Waals surface area contributed by atoms with Gasteiger partial charge >= 0.3 is 0 Å². The predicted octanol–water partition coefficient (Wildman–Crippen LogP) is 16.2.